The average Bonchev–Trinajstić information content (AvgIpc) is 3.13. The van der Waals surface area contributed by atoms with E-state index in [4.69, 9.17) is 15.6 Å². The molecule has 0 aromatic carbocycles. The van der Waals surface area contributed by atoms with Crippen molar-refractivity contribution in [3.63, 3.8) is 0 Å². The number of hydrogen-bond acceptors (Lipinski definition) is 4. The Morgan fingerprint density at radius 1 is 1.21 bits per heavy atom. The van der Waals surface area contributed by atoms with E-state index in [2.05, 4.69) is 32.6 Å². The van der Waals surface area contributed by atoms with Crippen LogP contribution in [-0.2, 0) is 14.3 Å². The van der Waals surface area contributed by atoms with Crippen LogP contribution in [0.4, 0.5) is 17.6 Å². The summed E-state index contributed by atoms with van der Waals surface area (Å²) in [5.41, 5.74) is 5.15. The number of halogens is 4. The average molecular weight is 567 g/mol. The fraction of sp³-hybridized carbons (Fsp3) is 0.655. The lowest BCUT2D eigenvalue weighted by Crippen LogP contribution is -2.31. The van der Waals surface area contributed by atoms with Crippen LogP contribution in [0.15, 0.2) is 48.1 Å². The predicted molar refractivity (Wildman–Crippen MR) is 150 cm³/mol. The minimum Gasteiger partial charge on any atom is -0.400 e. The third-order valence-corrected chi connectivity index (χ3v) is 5.71. The standard InChI is InChI=1S/C12H23NO2.C11H17F2NO.C5H6F2.CH4O/c1-4-10(2)8-6-5-7-9-11(15-3)12(13)14;1-9(12)10(13)6-8-14-7-4-2-3-5-11(14)15;1-3-5(7)4(2)6;1-2/h6,8,10-11H,4-5,7,9H2,1-3H3,(H2,13,14);2-8H2,1H3;3H,2H2,1H3;2H,1H3/b8-6+;10-9-;5-3+;. The highest BCUT2D eigenvalue weighted by molar-refractivity contribution is 5.78. The second-order valence-corrected chi connectivity index (χ2v) is 8.79. The minimum absolute atomic E-state index is 0.00588. The van der Waals surface area contributed by atoms with Crippen molar-refractivity contribution in [2.24, 2.45) is 11.7 Å². The molecular formula is C29H50F4N2O4. The van der Waals surface area contributed by atoms with Gasteiger partial charge in [0, 0.05) is 40.2 Å². The zero-order valence-corrected chi connectivity index (χ0v) is 24.6. The summed E-state index contributed by atoms with van der Waals surface area (Å²) in [5.74, 6) is -3.09. The van der Waals surface area contributed by atoms with Gasteiger partial charge in [0.05, 0.1) is 0 Å². The van der Waals surface area contributed by atoms with Crippen LogP contribution in [0.1, 0.15) is 85.5 Å². The Hall–Kier alpha value is -2.46. The van der Waals surface area contributed by atoms with Gasteiger partial charge in [-0.25, -0.2) is 17.6 Å². The molecule has 2 unspecified atom stereocenters. The molecule has 0 aromatic rings. The van der Waals surface area contributed by atoms with Crippen LogP contribution in [0.2, 0.25) is 0 Å². The molecule has 10 heteroatoms. The maximum Gasteiger partial charge on any atom is 0.246 e. The van der Waals surface area contributed by atoms with Crippen molar-refractivity contribution >= 4 is 11.8 Å². The van der Waals surface area contributed by atoms with Crippen LogP contribution in [0.5, 0.6) is 0 Å². The molecule has 39 heavy (non-hydrogen) atoms. The lowest BCUT2D eigenvalue weighted by Gasteiger charge is -2.19. The van der Waals surface area contributed by atoms with Gasteiger partial charge < -0.3 is 20.5 Å². The number of rotatable bonds is 12. The lowest BCUT2D eigenvalue weighted by atomic mass is 10.1. The molecule has 3 N–H and O–H groups in total. The van der Waals surface area contributed by atoms with E-state index < -0.39 is 29.4 Å². The number of aliphatic hydroxyl groups is 1. The zero-order valence-electron chi connectivity index (χ0n) is 24.6. The Bertz CT molecular complexity index is 766. The van der Waals surface area contributed by atoms with E-state index in [1.54, 1.807) is 4.90 Å². The molecule has 0 radical (unpaired) electrons. The SMILES string of the molecule is C/C(F)=C(/F)CCN1CCCCCC1=O.C=C(F)/C(F)=C\C.CCC(C)/C=C/CCCC(OC)C(N)=O.CO. The molecule has 1 aliphatic heterocycles. The Labute approximate surface area is 232 Å². The molecule has 228 valence electrons. The predicted octanol–water partition coefficient (Wildman–Crippen LogP) is 7.16. The summed E-state index contributed by atoms with van der Waals surface area (Å²) in [7, 11) is 2.52. The largest absolute Gasteiger partial charge is 0.400 e. The molecule has 1 rings (SSSR count). The molecule has 0 bridgehead atoms. The number of carbonyl (C=O) groups excluding carboxylic acids is 2. The van der Waals surface area contributed by atoms with Crippen LogP contribution >= 0.6 is 0 Å². The summed E-state index contributed by atoms with van der Waals surface area (Å²) >= 11 is 0. The Balaban J connectivity index is -0.000000512. The third-order valence-electron chi connectivity index (χ3n) is 5.71. The van der Waals surface area contributed by atoms with Gasteiger partial charge in [0.2, 0.25) is 11.8 Å². The van der Waals surface area contributed by atoms with Gasteiger partial charge in [0.15, 0.2) is 11.7 Å². The van der Waals surface area contributed by atoms with Crippen LogP contribution < -0.4 is 5.73 Å². The number of primary amides is 1. The molecule has 2 atom stereocenters. The van der Waals surface area contributed by atoms with E-state index in [-0.39, 0.29) is 18.2 Å². The quantitative estimate of drug-likeness (QED) is 0.113. The van der Waals surface area contributed by atoms with E-state index >= 15 is 0 Å². The maximum absolute atomic E-state index is 12.9. The van der Waals surface area contributed by atoms with Crippen molar-refractivity contribution in [1.29, 1.82) is 0 Å². The van der Waals surface area contributed by atoms with Gasteiger partial charge in [-0.1, -0.05) is 45.4 Å². The van der Waals surface area contributed by atoms with Crippen LogP contribution in [0.25, 0.3) is 0 Å². The molecule has 2 amide bonds. The number of unbranched alkanes of at least 4 members (excludes halogenated alkanes) is 1. The third kappa shape index (κ3) is 24.3. The van der Waals surface area contributed by atoms with Crippen molar-refractivity contribution in [2.45, 2.75) is 91.6 Å². The van der Waals surface area contributed by atoms with Crippen molar-refractivity contribution in [3.8, 4) is 0 Å². The number of likely N-dealkylation sites (tertiary alicyclic amines) is 1. The van der Waals surface area contributed by atoms with Crippen LogP contribution in [0.3, 0.4) is 0 Å². The number of nitrogens with two attached hydrogens (primary N) is 1. The first-order chi connectivity index (χ1) is 18.4. The number of methoxy groups -OCH3 is 1. The van der Waals surface area contributed by atoms with Gasteiger partial charge in [-0.15, -0.1) is 0 Å². The summed E-state index contributed by atoms with van der Waals surface area (Å²) in [6.45, 7) is 10.6. The molecule has 6 nitrogen and oxygen atoms in total. The Morgan fingerprint density at radius 3 is 2.26 bits per heavy atom. The first-order valence-electron chi connectivity index (χ1n) is 13.3. The number of ether oxygens (including phenoxy) is 1. The van der Waals surface area contributed by atoms with Crippen LogP contribution in [-0.4, -0.2) is 55.2 Å². The van der Waals surface area contributed by atoms with Gasteiger partial charge in [-0.3, -0.25) is 9.59 Å². The fourth-order valence-corrected chi connectivity index (χ4v) is 3.10. The maximum atomic E-state index is 12.9. The van der Waals surface area contributed by atoms with Crippen LogP contribution in [0, 0.1) is 5.92 Å². The topological polar surface area (TPSA) is 92.9 Å². The number of hydrogen-bond donors (Lipinski definition) is 2. The molecule has 1 heterocycles. The summed E-state index contributed by atoms with van der Waals surface area (Å²) in [4.78, 5) is 24.0. The number of nitrogens with zero attached hydrogens (tertiary/aromatic N) is 1. The summed E-state index contributed by atoms with van der Waals surface area (Å²) < 4.78 is 53.4. The highest BCUT2D eigenvalue weighted by Gasteiger charge is 2.17. The van der Waals surface area contributed by atoms with E-state index in [9.17, 15) is 27.2 Å². The van der Waals surface area contributed by atoms with Gasteiger partial charge in [0.25, 0.3) is 0 Å². The molecule has 0 aliphatic carbocycles. The van der Waals surface area contributed by atoms with Gasteiger partial charge in [-0.05, 0) is 57.9 Å². The van der Waals surface area contributed by atoms with Crippen molar-refractivity contribution in [1.82, 2.24) is 4.90 Å². The summed E-state index contributed by atoms with van der Waals surface area (Å²) in [5, 5.41) is 7.00. The van der Waals surface area contributed by atoms with E-state index in [1.165, 1.54) is 20.5 Å². The monoisotopic (exact) mass is 566 g/mol. The molecular weight excluding hydrogens is 516 g/mol. The minimum atomic E-state index is -1.01. The molecule has 1 fully saturated rings. The first kappa shape index (κ1) is 41.0. The molecule has 0 aromatic heterocycles. The summed E-state index contributed by atoms with van der Waals surface area (Å²) in [6.07, 6.45) is 12.2. The smallest absolute Gasteiger partial charge is 0.246 e. The Morgan fingerprint density at radius 2 is 1.82 bits per heavy atom. The van der Waals surface area contributed by atoms with E-state index in [0.29, 0.717) is 31.8 Å². The number of amides is 2. The molecule has 1 aliphatic rings. The highest BCUT2D eigenvalue weighted by Crippen LogP contribution is 2.16. The van der Waals surface area contributed by atoms with E-state index in [0.717, 1.165) is 52.2 Å². The zero-order chi connectivity index (χ0) is 30.8. The van der Waals surface area contributed by atoms with Gasteiger partial charge >= 0.3 is 0 Å². The van der Waals surface area contributed by atoms with E-state index in [1.807, 2.05) is 0 Å². The highest BCUT2D eigenvalue weighted by atomic mass is 19.2. The Kier molecular flexibility index (Phi) is 28.5. The molecule has 1 saturated heterocycles. The van der Waals surface area contributed by atoms with Gasteiger partial charge in [-0.2, -0.15) is 0 Å². The van der Waals surface area contributed by atoms with Gasteiger partial charge in [0.1, 0.15) is 17.8 Å². The summed E-state index contributed by atoms with van der Waals surface area (Å²) in [6, 6.07) is 0. The normalized spacial score (nSPS) is 15.8. The van der Waals surface area contributed by atoms with Crippen molar-refractivity contribution in [2.75, 3.05) is 27.3 Å². The van der Waals surface area contributed by atoms with Crippen molar-refractivity contribution < 1.29 is 37.0 Å². The molecule has 0 saturated carbocycles. The first-order valence-corrected chi connectivity index (χ1v) is 13.3. The van der Waals surface area contributed by atoms with Crippen molar-refractivity contribution in [3.05, 3.63) is 48.1 Å². The number of aliphatic hydroxyl groups excluding tert-OH is 1. The number of carbonyl (C=O) groups is 2. The second kappa shape index (κ2) is 27.1. The molecule has 0 spiro atoms. The number of allylic oxidation sites excluding steroid dienone is 6. The second-order valence-electron chi connectivity index (χ2n) is 8.79. The fourth-order valence-electron chi connectivity index (χ4n) is 3.10. The lowest BCUT2D eigenvalue weighted by molar-refractivity contribution is -0.130.